The molecule has 11 aromatic heterocycles. The van der Waals surface area contributed by atoms with Gasteiger partial charge < -0.3 is 17.7 Å². The molecule has 111 heavy (non-hydrogen) atoms. The van der Waals surface area contributed by atoms with Gasteiger partial charge in [-0.05, 0) is 184 Å². The standard InChI is InChI=1S/C27H26NO.C24H21N2O.C23H19N2O.C22H17N2O.4CH4/c1-16(2)19-7-8-20-12-23-24-14-25(22-9-6-17(3)10-18(22)4)28(5)15-27(24)29-26(23)13-21(20)11-19;1-14-6-8-18(16(3)9-14)22-12-19-20-11-17-7-5-15(2)10-21(17)25-24(20)27-23(19)13-26(22)4;1-14-8-9-16-11-19-18-12-21(17-7-5-4-6-15(17)2)25(3)13-22(18)26-23(19)24-20(16)10-14;1-14-7-3-5-9-16(14)20-12-17-18-11-15-8-4-6-10-19(15)23-22(18)25-21(17)13-24(20)2;;;;/h6-16H,1-5H3;5-13H,1-4H3;4-13H,1-3H3;3-13H,1-2H3;4*1H4/q4*+1;;;;/i3D3,16D;1D3;;;;;;. The van der Waals surface area contributed by atoms with E-state index in [1.807, 2.05) is 106 Å². The van der Waals surface area contributed by atoms with Gasteiger partial charge in [0.15, 0.2) is 5.58 Å². The molecule has 9 aromatic carbocycles. The average molecular weight is 1470 g/mol. The van der Waals surface area contributed by atoms with Crippen LogP contribution in [0.5, 0.6) is 0 Å². The summed E-state index contributed by atoms with van der Waals surface area (Å²) in [6.07, 6.45) is 8.03. The lowest BCUT2D eigenvalue weighted by molar-refractivity contribution is -0.659. The second-order valence-electron chi connectivity index (χ2n) is 28.8. The molecule has 0 atom stereocenters. The summed E-state index contributed by atoms with van der Waals surface area (Å²) in [4.78, 5) is 14.2. The molecule has 11 heteroatoms. The number of nitrogens with zero attached hydrogens (tertiary/aromatic N) is 7. The first kappa shape index (κ1) is 67.6. The van der Waals surface area contributed by atoms with E-state index in [1.54, 1.807) is 24.3 Å². The number of aryl methyl sites for hydroxylation is 12. The number of fused-ring (bicyclic) bond motifs is 16. The van der Waals surface area contributed by atoms with Crippen molar-refractivity contribution in [3.05, 3.63) is 293 Å². The molecule has 0 unspecified atom stereocenters. The van der Waals surface area contributed by atoms with E-state index < -0.39 is 19.6 Å². The van der Waals surface area contributed by atoms with Gasteiger partial charge in [-0.2, -0.15) is 18.3 Å². The summed E-state index contributed by atoms with van der Waals surface area (Å²) in [7, 11) is 8.05. The molecule has 0 N–H and O–H groups in total. The Morgan fingerprint density at radius 1 is 0.297 bits per heavy atom. The Morgan fingerprint density at radius 2 is 0.649 bits per heavy atom. The monoisotopic (exact) mass is 1470 g/mol. The van der Waals surface area contributed by atoms with Crippen LogP contribution in [-0.4, -0.2) is 15.0 Å². The maximum Gasteiger partial charge on any atom is 0.228 e. The summed E-state index contributed by atoms with van der Waals surface area (Å²) >= 11 is 0. The molecule has 0 saturated heterocycles. The molecule has 0 amide bonds. The van der Waals surface area contributed by atoms with Crippen LogP contribution in [0.4, 0.5) is 0 Å². The van der Waals surface area contributed by atoms with Crippen LogP contribution in [0.25, 0.3) is 177 Å². The summed E-state index contributed by atoms with van der Waals surface area (Å²) in [5.41, 5.74) is 26.1. The van der Waals surface area contributed by atoms with Crippen molar-refractivity contribution in [1.82, 2.24) is 15.0 Å². The number of pyridine rings is 7. The van der Waals surface area contributed by atoms with Gasteiger partial charge in [0.2, 0.25) is 81.5 Å². The third-order valence-corrected chi connectivity index (χ3v) is 20.9. The Balaban J connectivity index is 0.000000136. The molecule has 0 radical (unpaired) electrons. The minimum absolute atomic E-state index is 0. The third-order valence-electron chi connectivity index (χ3n) is 20.9. The smallest absolute Gasteiger partial charge is 0.228 e. The number of furan rings is 4. The van der Waals surface area contributed by atoms with Crippen molar-refractivity contribution in [1.29, 1.82) is 0 Å². The average Bonchev–Trinajstić information content (AvgIpc) is 1.61. The van der Waals surface area contributed by atoms with Crippen molar-refractivity contribution in [3.63, 3.8) is 0 Å². The van der Waals surface area contributed by atoms with E-state index in [2.05, 4.69) is 220 Å². The lowest BCUT2D eigenvalue weighted by Crippen LogP contribution is -2.30. The van der Waals surface area contributed by atoms with E-state index in [1.165, 1.54) is 39.2 Å². The largest absolute Gasteiger partial charge is 0.450 e. The normalized spacial score (nSPS) is 12.6. The lowest BCUT2D eigenvalue weighted by Gasteiger charge is -2.07. The summed E-state index contributed by atoms with van der Waals surface area (Å²) in [6.45, 7) is 11.9. The molecular formula is C100H99N7O4+4. The number of hydrogen-bond donors (Lipinski definition) is 0. The fourth-order valence-electron chi connectivity index (χ4n) is 15.1. The fourth-order valence-corrected chi connectivity index (χ4v) is 15.1. The Morgan fingerprint density at radius 3 is 1.07 bits per heavy atom. The van der Waals surface area contributed by atoms with Crippen LogP contribution in [0.2, 0.25) is 0 Å². The molecule has 0 bridgehead atoms. The van der Waals surface area contributed by atoms with Crippen LogP contribution in [0.3, 0.4) is 0 Å². The van der Waals surface area contributed by atoms with Crippen molar-refractivity contribution < 1.29 is 45.5 Å². The highest BCUT2D eigenvalue weighted by atomic mass is 16.3. The molecule has 0 saturated carbocycles. The number of para-hydroxylation sites is 1. The number of rotatable bonds is 5. The van der Waals surface area contributed by atoms with Gasteiger partial charge in [-0.1, -0.05) is 176 Å². The predicted octanol–water partition coefficient (Wildman–Crippen LogP) is 25.2. The first-order chi connectivity index (χ1) is 54.4. The van der Waals surface area contributed by atoms with Crippen LogP contribution in [0.1, 0.15) is 109 Å². The number of benzene rings is 9. The zero-order valence-electron chi connectivity index (χ0n) is 68.9. The van der Waals surface area contributed by atoms with Gasteiger partial charge in [0.25, 0.3) is 0 Å². The van der Waals surface area contributed by atoms with Crippen LogP contribution in [0.15, 0.2) is 261 Å². The summed E-state index contributed by atoms with van der Waals surface area (Å²) in [5, 5.41) is 13.8. The second-order valence-corrected chi connectivity index (χ2v) is 28.8. The Kier molecular flexibility index (Phi) is 18.5. The molecule has 0 aliphatic carbocycles. The van der Waals surface area contributed by atoms with Gasteiger partial charge in [-0.3, -0.25) is 0 Å². The van der Waals surface area contributed by atoms with Gasteiger partial charge in [0, 0.05) is 115 Å². The Hall–Kier alpha value is -12.7. The highest BCUT2D eigenvalue weighted by Gasteiger charge is 2.25. The van der Waals surface area contributed by atoms with Crippen LogP contribution >= 0.6 is 0 Å². The first-order valence-electron chi connectivity index (χ1n) is 39.5. The first-order valence-corrected chi connectivity index (χ1v) is 36.0. The maximum absolute atomic E-state index is 8.34. The molecule has 0 fully saturated rings. The molecule has 11 heterocycles. The van der Waals surface area contributed by atoms with Crippen molar-refractivity contribution in [2.75, 3.05) is 0 Å². The van der Waals surface area contributed by atoms with Crippen LogP contribution < -0.4 is 18.3 Å². The highest BCUT2D eigenvalue weighted by Crippen LogP contribution is 2.39. The van der Waals surface area contributed by atoms with Gasteiger partial charge in [0.05, 0.1) is 16.6 Å². The minimum atomic E-state index is -2.12. The van der Waals surface area contributed by atoms with Gasteiger partial charge in [-0.15, -0.1) is 0 Å². The Bertz CT molecular complexity index is 7350. The zero-order chi connectivity index (χ0) is 79.7. The van der Waals surface area contributed by atoms with Crippen molar-refractivity contribution >= 4 is 132 Å². The number of aromatic nitrogens is 7. The SMILES string of the molecule is C.C.C.C.Cc1ccc2cc3c(nc2c1)oc1c[n+](C)c(-c2ccccc2C)cc13.Cc1ccccc1-c1cc2c(c[n+]1C)oc1nc3ccccc3cc12.[2H]C([2H])([2H])c1ccc(-c2cc3c(c[n+]2C)oc2cc4cc(C([2H])(C)C)ccc4cc23)c(C)c1.[2H]C([2H])([2H])c1ccc(-c2cc3c(c[n+]2C)oc2nc4cc(C)ccc4cc23)c(C)c1. The van der Waals surface area contributed by atoms with Crippen LogP contribution in [0, 0.1) is 55.2 Å². The van der Waals surface area contributed by atoms with E-state index in [9.17, 15) is 0 Å². The van der Waals surface area contributed by atoms with Crippen LogP contribution in [-0.2, 0) is 28.2 Å². The van der Waals surface area contributed by atoms with E-state index in [0.717, 1.165) is 159 Å². The predicted molar refractivity (Wildman–Crippen MR) is 464 cm³/mol. The molecular weight excluding hydrogens is 1360 g/mol. The molecule has 20 aromatic rings. The molecule has 0 spiro atoms. The molecule has 20 rings (SSSR count). The third kappa shape index (κ3) is 14.2. The van der Waals surface area contributed by atoms with E-state index >= 15 is 0 Å². The summed E-state index contributed by atoms with van der Waals surface area (Å²) in [5.74, 6) is -0.660. The van der Waals surface area contributed by atoms with Gasteiger partial charge in [-0.25, -0.2) is 15.0 Å². The topological polar surface area (TPSA) is 107 Å². The van der Waals surface area contributed by atoms with E-state index in [0.29, 0.717) is 28.3 Å². The van der Waals surface area contributed by atoms with Gasteiger partial charge in [0.1, 0.15) is 33.8 Å². The molecule has 0 aliphatic heterocycles. The van der Waals surface area contributed by atoms with Crippen molar-refractivity contribution in [2.45, 2.75) is 105 Å². The second kappa shape index (κ2) is 30.4. The lowest BCUT2D eigenvalue weighted by atomic mass is 9.98. The summed E-state index contributed by atoms with van der Waals surface area (Å²) < 4.78 is 87.0. The minimum Gasteiger partial charge on any atom is -0.450 e. The van der Waals surface area contributed by atoms with E-state index in [-0.39, 0.29) is 29.7 Å². The quantitative estimate of drug-likeness (QED) is 0.158. The fraction of sp³-hybridized carbons (Fsp3) is 0.190. The van der Waals surface area contributed by atoms with Crippen molar-refractivity contribution in [3.8, 4) is 45.0 Å². The highest BCUT2D eigenvalue weighted by molar-refractivity contribution is 6.12. The molecule has 11 nitrogen and oxygen atoms in total. The zero-order valence-corrected chi connectivity index (χ0v) is 61.9. The van der Waals surface area contributed by atoms with Crippen molar-refractivity contribution in [2.24, 2.45) is 28.2 Å². The van der Waals surface area contributed by atoms with E-state index in [4.69, 9.17) is 37.2 Å². The molecule has 0 aliphatic rings. The molecule has 554 valence electrons. The number of hydrogen-bond acceptors (Lipinski definition) is 7. The maximum atomic E-state index is 8.34. The van der Waals surface area contributed by atoms with Gasteiger partial charge >= 0.3 is 0 Å². The summed E-state index contributed by atoms with van der Waals surface area (Å²) in [6, 6.07) is 73.7. The Labute approximate surface area is 659 Å².